The van der Waals surface area contributed by atoms with Gasteiger partial charge in [0, 0.05) is 19.3 Å². The van der Waals surface area contributed by atoms with Gasteiger partial charge in [0.1, 0.15) is 36.8 Å². The maximum atomic E-state index is 13.3. The molecule has 0 spiro atoms. The van der Waals surface area contributed by atoms with Crippen molar-refractivity contribution in [1.29, 1.82) is 0 Å². The Bertz CT molecular complexity index is 2230. The summed E-state index contributed by atoms with van der Waals surface area (Å²) in [6.45, 7) is 19.1. The number of aliphatic hydroxyl groups is 5. The molecule has 5 N–H and O–H groups in total. The van der Waals surface area contributed by atoms with E-state index in [4.69, 9.17) is 19.3 Å². The van der Waals surface area contributed by atoms with E-state index in [0.29, 0.717) is 17.6 Å². The second-order valence-corrected chi connectivity index (χ2v) is 19.0. The van der Waals surface area contributed by atoms with Crippen molar-refractivity contribution in [3.05, 3.63) is 130 Å². The molecule has 14 heteroatoms. The number of ether oxygens (including phenoxy) is 3. The van der Waals surface area contributed by atoms with Crippen molar-refractivity contribution in [2.45, 2.75) is 151 Å². The molecule has 2 rings (SSSR count). The fourth-order valence-corrected chi connectivity index (χ4v) is 7.59. The van der Waals surface area contributed by atoms with E-state index in [1.807, 2.05) is 140 Å². The first-order valence-electron chi connectivity index (χ1n) is 23.2. The maximum Gasteiger partial charge on any atom is 0.307 e. The summed E-state index contributed by atoms with van der Waals surface area (Å²) in [5, 5.41) is 47.7. The minimum Gasteiger partial charge on any atom is -0.463 e. The smallest absolute Gasteiger partial charge is 0.307 e. The summed E-state index contributed by atoms with van der Waals surface area (Å²) < 4.78 is 15.8. The lowest BCUT2D eigenvalue weighted by Gasteiger charge is -2.36. The summed E-state index contributed by atoms with van der Waals surface area (Å²) in [5.41, 5.74) is 5.82. The number of hydrogen-bond acceptors (Lipinski definition) is 14. The van der Waals surface area contributed by atoms with Crippen LogP contribution in [0.5, 0.6) is 0 Å². The first-order chi connectivity index (χ1) is 32.2. The number of allylic oxidation sites excluding steroid dienone is 20. The minimum absolute atomic E-state index is 0.0344. The van der Waals surface area contributed by atoms with Gasteiger partial charge in [0.2, 0.25) is 0 Å². The molecule has 6 atom stereocenters. The predicted octanol–water partition coefficient (Wildman–Crippen LogP) is 7.14. The number of rotatable bonds is 24. The van der Waals surface area contributed by atoms with Gasteiger partial charge in [0.15, 0.2) is 23.8 Å². The molecule has 0 saturated carbocycles. The highest BCUT2D eigenvalue weighted by Gasteiger charge is 2.41. The molecule has 14 nitrogen and oxygen atoms in total. The average molecular weight is 959 g/mol. The van der Waals surface area contributed by atoms with Gasteiger partial charge in [-0.3, -0.25) is 24.0 Å². The Morgan fingerprint density at radius 3 is 1.33 bits per heavy atom. The quantitative estimate of drug-likeness (QED) is 0.0368. The maximum absolute atomic E-state index is 13.3. The van der Waals surface area contributed by atoms with Crippen molar-refractivity contribution in [3.63, 3.8) is 0 Å². The number of aliphatic hydroxyl groups excluding tert-OH is 5. The molecular weight excluding hydrogens is 885 g/mol. The number of carbonyl (C=O) groups excluding carboxylic acids is 6. The molecule has 0 aromatic carbocycles. The fourth-order valence-electron chi connectivity index (χ4n) is 7.59. The largest absolute Gasteiger partial charge is 0.463 e. The third-order valence-electron chi connectivity index (χ3n) is 11.8. The number of hydrogen-bond donors (Lipinski definition) is 5. The first kappa shape index (κ1) is 59.5. The molecule has 0 fully saturated rings. The Kier molecular flexibility index (Phi) is 24.2. The highest BCUT2D eigenvalue weighted by atomic mass is 16.6. The Morgan fingerprint density at radius 2 is 0.928 bits per heavy atom. The van der Waals surface area contributed by atoms with Crippen LogP contribution in [0.2, 0.25) is 0 Å². The zero-order valence-corrected chi connectivity index (χ0v) is 42.1. The molecule has 69 heavy (non-hydrogen) atoms. The van der Waals surface area contributed by atoms with Gasteiger partial charge in [-0.2, -0.15) is 0 Å². The molecule has 0 aromatic rings. The van der Waals surface area contributed by atoms with Gasteiger partial charge in [-0.05, 0) is 81.6 Å². The predicted molar refractivity (Wildman–Crippen MR) is 264 cm³/mol. The standard InChI is InChI=1S/C55H74O14/c1-34(18-14-20-36(3)22-25-41-39(6)50(63)45(30-54(41,8)9)68-48(61)27-24-38(5)57)16-12-13-17-35(2)19-15-21-37(4)23-26-42-40(7)51(64)46(31-55(42,10)11)69-49(62)29-28-47(60)67-33-44(59)53(66)52(65)43(58)32-56/h12-23,25-26,43-46,52-53,56,58-59,65-66H,24,27-33H2,1-11H3/b13-12+,18-14+,19-15+,25-22+,26-23+,34-16+,35-17+,36-20+,37-21+. The molecule has 0 aliphatic heterocycles. The zero-order chi connectivity index (χ0) is 52.2. The van der Waals surface area contributed by atoms with Crippen molar-refractivity contribution in [3.8, 4) is 0 Å². The highest BCUT2D eigenvalue weighted by molar-refractivity contribution is 6.02. The highest BCUT2D eigenvalue weighted by Crippen LogP contribution is 2.42. The Morgan fingerprint density at radius 1 is 0.565 bits per heavy atom. The molecule has 0 heterocycles. The van der Waals surface area contributed by atoms with E-state index in [9.17, 15) is 49.2 Å². The van der Waals surface area contributed by atoms with Crippen LogP contribution in [0.25, 0.3) is 0 Å². The molecule has 2 aliphatic carbocycles. The number of ketones is 3. The molecule has 6 unspecified atom stereocenters. The number of esters is 3. The van der Waals surface area contributed by atoms with Gasteiger partial charge >= 0.3 is 17.9 Å². The van der Waals surface area contributed by atoms with Gasteiger partial charge in [0.25, 0.3) is 0 Å². The fraction of sp³-hybridized carbons (Fsp3) is 0.491. The van der Waals surface area contributed by atoms with Crippen LogP contribution < -0.4 is 0 Å². The lowest BCUT2D eigenvalue weighted by molar-refractivity contribution is -0.161. The van der Waals surface area contributed by atoms with Gasteiger partial charge in [-0.15, -0.1) is 0 Å². The summed E-state index contributed by atoms with van der Waals surface area (Å²) >= 11 is 0. The van der Waals surface area contributed by atoms with E-state index in [0.717, 1.165) is 33.4 Å². The lowest BCUT2D eigenvalue weighted by Crippen LogP contribution is -2.47. The van der Waals surface area contributed by atoms with Crippen molar-refractivity contribution in [2.24, 2.45) is 10.8 Å². The third kappa shape index (κ3) is 20.1. The van der Waals surface area contributed by atoms with E-state index in [1.54, 1.807) is 13.8 Å². The molecule has 0 aromatic heterocycles. The molecule has 0 radical (unpaired) electrons. The van der Waals surface area contributed by atoms with Crippen LogP contribution in [0.4, 0.5) is 0 Å². The van der Waals surface area contributed by atoms with Crippen molar-refractivity contribution in [1.82, 2.24) is 0 Å². The third-order valence-corrected chi connectivity index (χ3v) is 11.8. The van der Waals surface area contributed by atoms with E-state index >= 15 is 0 Å². The Hall–Kier alpha value is -5.64. The van der Waals surface area contributed by atoms with Crippen LogP contribution in [0.15, 0.2) is 130 Å². The van der Waals surface area contributed by atoms with Crippen LogP contribution in [0.1, 0.15) is 115 Å². The summed E-state index contributed by atoms with van der Waals surface area (Å²) in [6.07, 6.45) is 18.2. The van der Waals surface area contributed by atoms with Crippen LogP contribution in [0, 0.1) is 10.8 Å². The molecule has 378 valence electrons. The molecule has 0 saturated heterocycles. The first-order valence-corrected chi connectivity index (χ1v) is 23.2. The average Bonchev–Trinajstić information content (AvgIpc) is 3.27. The van der Waals surface area contributed by atoms with E-state index in [-0.39, 0.29) is 36.6 Å². The topological polar surface area (TPSA) is 231 Å². The van der Waals surface area contributed by atoms with Gasteiger partial charge in [-0.1, -0.05) is 135 Å². The SMILES string of the molecule is CC(=O)CCC(=O)OC1CC(C)(C)C(/C=C/C(C)=C/C=C/C(C)=C/C=C/C=C(C)/C=C/C=C(C)/C=C/C2=C(C)C(=O)C(OC(=O)CCC(=O)OCC(O)C(O)C(O)C(O)CO)CC2(C)C)=C(C)C1=O. The van der Waals surface area contributed by atoms with E-state index < -0.39 is 91.4 Å². The van der Waals surface area contributed by atoms with Crippen LogP contribution >= 0.6 is 0 Å². The molecular formula is C55H74O14. The second-order valence-electron chi connectivity index (χ2n) is 19.0. The Labute approximate surface area is 407 Å². The van der Waals surface area contributed by atoms with Gasteiger partial charge < -0.3 is 44.5 Å². The monoisotopic (exact) mass is 959 g/mol. The summed E-state index contributed by atoms with van der Waals surface area (Å²) in [4.78, 5) is 74.6. The van der Waals surface area contributed by atoms with Crippen molar-refractivity contribution >= 4 is 35.3 Å². The van der Waals surface area contributed by atoms with Gasteiger partial charge in [-0.25, -0.2) is 0 Å². The Balaban J connectivity index is 1.93. The van der Waals surface area contributed by atoms with Gasteiger partial charge in [0.05, 0.1) is 25.9 Å². The van der Waals surface area contributed by atoms with Crippen molar-refractivity contribution < 1.29 is 68.5 Å². The van der Waals surface area contributed by atoms with Crippen molar-refractivity contribution in [2.75, 3.05) is 13.2 Å². The summed E-state index contributed by atoms with van der Waals surface area (Å²) in [5.74, 6) is -2.88. The molecule has 0 bridgehead atoms. The number of Topliss-reactive ketones (excluding diaryl/α,β-unsaturated/α-hetero) is 3. The van der Waals surface area contributed by atoms with Crippen LogP contribution in [-0.4, -0.2) is 111 Å². The zero-order valence-electron chi connectivity index (χ0n) is 42.1. The van der Waals surface area contributed by atoms with Crippen LogP contribution in [-0.2, 0) is 43.0 Å². The minimum atomic E-state index is -1.90. The number of carbonyl (C=O) groups is 6. The normalized spacial score (nSPS) is 21.5. The van der Waals surface area contributed by atoms with E-state index in [1.165, 1.54) is 6.92 Å². The van der Waals surface area contributed by atoms with Crippen LogP contribution in [0.3, 0.4) is 0 Å². The summed E-state index contributed by atoms with van der Waals surface area (Å²) in [7, 11) is 0. The molecule has 2 aliphatic rings. The molecule has 0 amide bonds. The lowest BCUT2D eigenvalue weighted by atomic mass is 9.71. The van der Waals surface area contributed by atoms with E-state index in [2.05, 4.69) is 0 Å². The second kappa shape index (κ2) is 28.1. The summed E-state index contributed by atoms with van der Waals surface area (Å²) in [6, 6.07) is 0.